The zero-order chi connectivity index (χ0) is 10.4. The first-order valence-corrected chi connectivity index (χ1v) is 5.20. The average Bonchev–Trinajstić information content (AvgIpc) is 2.19. The highest BCUT2D eigenvalue weighted by Gasteiger charge is 2.15. The van der Waals surface area contributed by atoms with Crippen molar-refractivity contribution in [2.24, 2.45) is 5.92 Å². The highest BCUT2D eigenvalue weighted by molar-refractivity contribution is 5.13. The maximum absolute atomic E-state index is 4.09. The summed E-state index contributed by atoms with van der Waals surface area (Å²) in [6, 6.07) is 0. The molecule has 0 saturated carbocycles. The van der Waals surface area contributed by atoms with Crippen LogP contribution in [0, 0.1) is 5.92 Å². The van der Waals surface area contributed by atoms with E-state index in [0.717, 1.165) is 24.5 Å². The van der Waals surface area contributed by atoms with E-state index in [1.165, 1.54) is 12.8 Å². The smallest absolute Gasteiger partial charge is 0.0116 e. The molecule has 1 rings (SSSR count). The van der Waals surface area contributed by atoms with Crippen LogP contribution in [0.2, 0.25) is 0 Å². The Morgan fingerprint density at radius 3 is 2.64 bits per heavy atom. The third-order valence-electron chi connectivity index (χ3n) is 2.56. The molecule has 1 saturated heterocycles. The van der Waals surface area contributed by atoms with Crippen LogP contribution in [-0.4, -0.2) is 13.1 Å². The van der Waals surface area contributed by atoms with Gasteiger partial charge in [0, 0.05) is 17.3 Å². The van der Waals surface area contributed by atoms with E-state index in [1.54, 1.807) is 6.08 Å². The zero-order valence-corrected chi connectivity index (χ0v) is 8.97. The van der Waals surface area contributed by atoms with E-state index in [0.29, 0.717) is 5.92 Å². The van der Waals surface area contributed by atoms with Crippen molar-refractivity contribution in [1.29, 1.82) is 0 Å². The van der Waals surface area contributed by atoms with Gasteiger partial charge in [-0.1, -0.05) is 19.2 Å². The van der Waals surface area contributed by atoms with Gasteiger partial charge in [-0.05, 0) is 38.9 Å². The van der Waals surface area contributed by atoms with E-state index in [-0.39, 0.29) is 0 Å². The molecule has 1 heterocycles. The van der Waals surface area contributed by atoms with Gasteiger partial charge in [0.2, 0.25) is 0 Å². The highest BCUT2D eigenvalue weighted by atomic mass is 14.9. The number of hydrogen-bond acceptors (Lipinski definition) is 2. The van der Waals surface area contributed by atoms with Gasteiger partial charge in [-0.25, -0.2) is 0 Å². The highest BCUT2D eigenvalue weighted by Crippen LogP contribution is 2.18. The SMILES string of the molecule is C=C/C=C(\C)NC(=C)C1CCNCC1. The summed E-state index contributed by atoms with van der Waals surface area (Å²) in [7, 11) is 0. The summed E-state index contributed by atoms with van der Waals surface area (Å²) >= 11 is 0. The van der Waals surface area contributed by atoms with Crippen molar-refractivity contribution in [3.05, 3.63) is 36.7 Å². The maximum Gasteiger partial charge on any atom is 0.0116 e. The number of rotatable bonds is 4. The van der Waals surface area contributed by atoms with Crippen molar-refractivity contribution in [3.63, 3.8) is 0 Å². The minimum absolute atomic E-state index is 0.615. The lowest BCUT2D eigenvalue weighted by molar-refractivity contribution is 0.408. The van der Waals surface area contributed by atoms with Crippen LogP contribution in [0.25, 0.3) is 0 Å². The maximum atomic E-state index is 4.09. The molecule has 0 bridgehead atoms. The van der Waals surface area contributed by atoms with Gasteiger partial charge in [0.1, 0.15) is 0 Å². The van der Waals surface area contributed by atoms with Gasteiger partial charge >= 0.3 is 0 Å². The summed E-state index contributed by atoms with van der Waals surface area (Å²) in [5, 5.41) is 6.67. The van der Waals surface area contributed by atoms with Gasteiger partial charge in [-0.3, -0.25) is 0 Å². The Morgan fingerprint density at radius 1 is 1.43 bits per heavy atom. The number of allylic oxidation sites excluding steroid dienone is 4. The first-order valence-electron chi connectivity index (χ1n) is 5.20. The van der Waals surface area contributed by atoms with Gasteiger partial charge in [0.15, 0.2) is 0 Å². The minimum Gasteiger partial charge on any atom is -0.363 e. The topological polar surface area (TPSA) is 24.1 Å². The number of hydrogen-bond donors (Lipinski definition) is 2. The van der Waals surface area contributed by atoms with E-state index in [4.69, 9.17) is 0 Å². The minimum atomic E-state index is 0.615. The summed E-state index contributed by atoms with van der Waals surface area (Å²) < 4.78 is 0. The van der Waals surface area contributed by atoms with Crippen LogP contribution in [-0.2, 0) is 0 Å². The summed E-state index contributed by atoms with van der Waals surface area (Å²) in [6.07, 6.45) is 6.13. The summed E-state index contributed by atoms with van der Waals surface area (Å²) in [5.41, 5.74) is 2.26. The zero-order valence-electron chi connectivity index (χ0n) is 8.97. The van der Waals surface area contributed by atoms with E-state index < -0.39 is 0 Å². The second kappa shape index (κ2) is 5.66. The van der Waals surface area contributed by atoms with Crippen LogP contribution >= 0.6 is 0 Å². The lowest BCUT2D eigenvalue weighted by Crippen LogP contribution is -2.31. The molecule has 78 valence electrons. The van der Waals surface area contributed by atoms with Gasteiger partial charge in [-0.15, -0.1) is 0 Å². The van der Waals surface area contributed by atoms with E-state index in [1.807, 2.05) is 13.0 Å². The largest absolute Gasteiger partial charge is 0.363 e. The van der Waals surface area contributed by atoms with Gasteiger partial charge < -0.3 is 10.6 Å². The number of piperidine rings is 1. The Balaban J connectivity index is 2.40. The molecule has 0 aromatic heterocycles. The van der Waals surface area contributed by atoms with Crippen LogP contribution in [0.3, 0.4) is 0 Å². The molecule has 2 heteroatoms. The van der Waals surface area contributed by atoms with Crippen molar-refractivity contribution in [3.8, 4) is 0 Å². The average molecular weight is 192 g/mol. The Labute approximate surface area is 86.8 Å². The van der Waals surface area contributed by atoms with E-state index in [9.17, 15) is 0 Å². The second-order valence-corrected chi connectivity index (χ2v) is 3.76. The van der Waals surface area contributed by atoms with Crippen LogP contribution in [0.1, 0.15) is 19.8 Å². The molecule has 0 radical (unpaired) electrons. The van der Waals surface area contributed by atoms with Crippen LogP contribution < -0.4 is 10.6 Å². The predicted molar refractivity (Wildman–Crippen MR) is 61.8 cm³/mol. The molecule has 0 aromatic carbocycles. The Bertz CT molecular complexity index is 235. The van der Waals surface area contributed by atoms with E-state index >= 15 is 0 Å². The third-order valence-corrected chi connectivity index (χ3v) is 2.56. The third kappa shape index (κ3) is 3.38. The molecule has 0 aliphatic carbocycles. The van der Waals surface area contributed by atoms with Crippen molar-refractivity contribution < 1.29 is 0 Å². The first-order chi connectivity index (χ1) is 6.74. The molecule has 1 fully saturated rings. The quantitative estimate of drug-likeness (QED) is 0.667. The lowest BCUT2D eigenvalue weighted by Gasteiger charge is -2.25. The Hall–Kier alpha value is -1.02. The van der Waals surface area contributed by atoms with Crippen molar-refractivity contribution in [2.45, 2.75) is 19.8 Å². The van der Waals surface area contributed by atoms with Crippen LogP contribution in [0.5, 0.6) is 0 Å². The standard InChI is InChI=1S/C12H20N2/c1-4-5-10(2)14-11(3)12-6-8-13-9-7-12/h4-5,12-14H,1,3,6-9H2,2H3/b10-5+. The molecule has 2 nitrogen and oxygen atoms in total. The fraction of sp³-hybridized carbons (Fsp3) is 0.500. The molecule has 0 amide bonds. The monoisotopic (exact) mass is 192 g/mol. The van der Waals surface area contributed by atoms with Crippen LogP contribution in [0.15, 0.2) is 36.7 Å². The molecule has 14 heavy (non-hydrogen) atoms. The summed E-state index contributed by atoms with van der Waals surface area (Å²) in [5.74, 6) is 0.615. The molecule has 0 unspecified atom stereocenters. The van der Waals surface area contributed by atoms with Crippen molar-refractivity contribution in [2.75, 3.05) is 13.1 Å². The van der Waals surface area contributed by atoms with Crippen molar-refractivity contribution in [1.82, 2.24) is 10.6 Å². The van der Waals surface area contributed by atoms with Gasteiger partial charge in [-0.2, -0.15) is 0 Å². The second-order valence-electron chi connectivity index (χ2n) is 3.76. The Kier molecular flexibility index (Phi) is 4.47. The number of nitrogens with one attached hydrogen (secondary N) is 2. The normalized spacial score (nSPS) is 19.1. The molecular weight excluding hydrogens is 172 g/mol. The molecule has 0 spiro atoms. The fourth-order valence-corrected chi connectivity index (χ4v) is 1.74. The molecule has 0 atom stereocenters. The molecule has 0 aromatic rings. The van der Waals surface area contributed by atoms with Crippen molar-refractivity contribution >= 4 is 0 Å². The first kappa shape index (κ1) is 11.1. The molecular formula is C12H20N2. The lowest BCUT2D eigenvalue weighted by atomic mass is 9.95. The van der Waals surface area contributed by atoms with Crippen LogP contribution in [0.4, 0.5) is 0 Å². The fourth-order valence-electron chi connectivity index (χ4n) is 1.74. The predicted octanol–water partition coefficient (Wildman–Crippen LogP) is 2.18. The summed E-state index contributed by atoms with van der Waals surface area (Å²) in [6.45, 7) is 12.0. The Morgan fingerprint density at radius 2 is 2.07 bits per heavy atom. The summed E-state index contributed by atoms with van der Waals surface area (Å²) in [4.78, 5) is 0. The van der Waals surface area contributed by atoms with E-state index in [2.05, 4.69) is 23.8 Å². The van der Waals surface area contributed by atoms with Gasteiger partial charge in [0.25, 0.3) is 0 Å². The molecule has 1 aliphatic rings. The molecule has 2 N–H and O–H groups in total. The van der Waals surface area contributed by atoms with Gasteiger partial charge in [0.05, 0.1) is 0 Å². The molecule has 1 aliphatic heterocycles.